The van der Waals surface area contributed by atoms with Crippen LogP contribution in [0.25, 0.3) is 0 Å². The van der Waals surface area contributed by atoms with Crippen molar-refractivity contribution >= 4 is 0 Å². The maximum atomic E-state index is 9.87. The number of nitrogens with zero attached hydrogens (tertiary/aromatic N) is 1. The predicted octanol–water partition coefficient (Wildman–Crippen LogP) is 2.88. The number of aliphatic hydroxyl groups is 1. The first kappa shape index (κ1) is 17.2. The first-order valence-corrected chi connectivity index (χ1v) is 9.02. The van der Waals surface area contributed by atoms with E-state index in [2.05, 4.69) is 23.1 Å². The Labute approximate surface area is 154 Å². The fourth-order valence-electron chi connectivity index (χ4n) is 4.35. The first-order chi connectivity index (χ1) is 12.7. The lowest BCUT2D eigenvalue weighted by molar-refractivity contribution is 0.118. The summed E-state index contributed by atoms with van der Waals surface area (Å²) < 4.78 is 16.7. The van der Waals surface area contributed by atoms with Crippen LogP contribution in [0.2, 0.25) is 0 Å². The standard InChI is InChI=1S/C21H25NO4/c1-24-19-8-7-14(9-20(19)25-2)10-22-11-15(12-23)17-13-26-18-6-4-3-5-16(18)21(17)22/h3-9,15,17,21,23H,10-13H2,1-2H3/t15-,17-,21-/m0/s1. The van der Waals surface area contributed by atoms with E-state index in [0.717, 1.165) is 30.3 Å². The fraction of sp³-hybridized carbons (Fsp3) is 0.429. The molecule has 0 amide bonds. The second-order valence-corrected chi connectivity index (χ2v) is 7.02. The molecule has 3 atom stereocenters. The molecule has 1 N–H and O–H groups in total. The summed E-state index contributed by atoms with van der Waals surface area (Å²) >= 11 is 0. The number of hydrogen-bond acceptors (Lipinski definition) is 5. The highest BCUT2D eigenvalue weighted by atomic mass is 16.5. The molecule has 2 heterocycles. The lowest BCUT2D eigenvalue weighted by Crippen LogP contribution is -2.31. The second-order valence-electron chi connectivity index (χ2n) is 7.02. The summed E-state index contributed by atoms with van der Waals surface area (Å²) in [4.78, 5) is 2.45. The topological polar surface area (TPSA) is 51.2 Å². The van der Waals surface area contributed by atoms with Crippen LogP contribution in [0, 0.1) is 11.8 Å². The van der Waals surface area contributed by atoms with Crippen molar-refractivity contribution in [3.8, 4) is 17.2 Å². The fourth-order valence-corrected chi connectivity index (χ4v) is 4.35. The number of para-hydroxylation sites is 1. The molecule has 0 aromatic heterocycles. The third-order valence-electron chi connectivity index (χ3n) is 5.61. The Bertz CT molecular complexity index is 778. The van der Waals surface area contributed by atoms with Crippen molar-refractivity contribution in [2.75, 3.05) is 34.0 Å². The molecule has 2 aliphatic heterocycles. The van der Waals surface area contributed by atoms with Gasteiger partial charge >= 0.3 is 0 Å². The Morgan fingerprint density at radius 2 is 1.92 bits per heavy atom. The number of aliphatic hydroxyl groups excluding tert-OH is 1. The van der Waals surface area contributed by atoms with Gasteiger partial charge < -0.3 is 19.3 Å². The molecule has 0 saturated carbocycles. The minimum atomic E-state index is 0.190. The monoisotopic (exact) mass is 355 g/mol. The average molecular weight is 355 g/mol. The molecule has 5 nitrogen and oxygen atoms in total. The van der Waals surface area contributed by atoms with Crippen LogP contribution in [-0.4, -0.2) is 44.0 Å². The van der Waals surface area contributed by atoms with Crippen molar-refractivity contribution in [2.24, 2.45) is 11.8 Å². The molecule has 0 bridgehead atoms. The lowest BCUT2D eigenvalue weighted by atomic mass is 9.86. The van der Waals surface area contributed by atoms with Crippen LogP contribution in [0.5, 0.6) is 17.2 Å². The molecular weight excluding hydrogens is 330 g/mol. The van der Waals surface area contributed by atoms with Crippen LogP contribution in [0.3, 0.4) is 0 Å². The molecule has 0 unspecified atom stereocenters. The van der Waals surface area contributed by atoms with E-state index in [0.29, 0.717) is 12.5 Å². The summed E-state index contributed by atoms with van der Waals surface area (Å²) in [6.45, 7) is 2.51. The van der Waals surface area contributed by atoms with E-state index < -0.39 is 0 Å². The Kier molecular flexibility index (Phi) is 4.74. The van der Waals surface area contributed by atoms with Crippen LogP contribution in [-0.2, 0) is 6.54 Å². The number of likely N-dealkylation sites (tertiary alicyclic amines) is 1. The van der Waals surface area contributed by atoms with Gasteiger partial charge in [0.15, 0.2) is 11.5 Å². The van der Waals surface area contributed by atoms with Crippen molar-refractivity contribution < 1.29 is 19.3 Å². The molecule has 5 heteroatoms. The maximum Gasteiger partial charge on any atom is 0.161 e. The van der Waals surface area contributed by atoms with Crippen LogP contribution in [0.1, 0.15) is 17.2 Å². The van der Waals surface area contributed by atoms with Crippen molar-refractivity contribution in [3.05, 3.63) is 53.6 Å². The molecule has 4 rings (SSSR count). The molecule has 138 valence electrons. The molecule has 26 heavy (non-hydrogen) atoms. The summed E-state index contributed by atoms with van der Waals surface area (Å²) in [6, 6.07) is 14.6. The van der Waals surface area contributed by atoms with Gasteiger partial charge in [-0.25, -0.2) is 0 Å². The van der Waals surface area contributed by atoms with E-state index >= 15 is 0 Å². The van der Waals surface area contributed by atoms with Gasteiger partial charge in [0, 0.05) is 43.1 Å². The summed E-state index contributed by atoms with van der Waals surface area (Å²) in [6.07, 6.45) is 0. The zero-order valence-corrected chi connectivity index (χ0v) is 15.2. The highest BCUT2D eigenvalue weighted by Gasteiger charge is 2.45. The molecular formula is C21H25NO4. The smallest absolute Gasteiger partial charge is 0.161 e. The van der Waals surface area contributed by atoms with Gasteiger partial charge in [0.25, 0.3) is 0 Å². The van der Waals surface area contributed by atoms with Crippen molar-refractivity contribution in [1.82, 2.24) is 4.90 Å². The van der Waals surface area contributed by atoms with Gasteiger partial charge in [-0.3, -0.25) is 4.90 Å². The predicted molar refractivity (Wildman–Crippen MR) is 98.7 cm³/mol. The Morgan fingerprint density at radius 3 is 2.69 bits per heavy atom. The van der Waals surface area contributed by atoms with E-state index in [1.807, 2.05) is 24.3 Å². The van der Waals surface area contributed by atoms with Crippen LogP contribution < -0.4 is 14.2 Å². The van der Waals surface area contributed by atoms with Gasteiger partial charge in [-0.05, 0) is 23.8 Å². The quantitative estimate of drug-likeness (QED) is 0.894. The summed E-state index contributed by atoms with van der Waals surface area (Å²) in [5.74, 6) is 2.99. The number of rotatable bonds is 5. The highest BCUT2D eigenvalue weighted by Crippen LogP contribution is 2.47. The summed E-state index contributed by atoms with van der Waals surface area (Å²) in [7, 11) is 3.30. The molecule has 2 aromatic rings. The summed E-state index contributed by atoms with van der Waals surface area (Å²) in [5, 5.41) is 9.87. The number of fused-ring (bicyclic) bond motifs is 3. The molecule has 1 saturated heterocycles. The molecule has 2 aliphatic rings. The SMILES string of the molecule is COc1ccc(CN2C[C@@H](CO)[C@@H]3COc4ccccc4[C@@H]32)cc1OC. The Morgan fingerprint density at radius 1 is 1.12 bits per heavy atom. The third kappa shape index (κ3) is 2.91. The number of hydrogen-bond donors (Lipinski definition) is 1. The maximum absolute atomic E-state index is 9.87. The minimum absolute atomic E-state index is 0.190. The normalized spacial score (nSPS) is 24.5. The highest BCUT2D eigenvalue weighted by molar-refractivity contribution is 5.43. The summed E-state index contributed by atoms with van der Waals surface area (Å²) in [5.41, 5.74) is 2.39. The van der Waals surface area contributed by atoms with Gasteiger partial charge in [-0.1, -0.05) is 24.3 Å². The molecule has 0 radical (unpaired) electrons. The van der Waals surface area contributed by atoms with E-state index in [-0.39, 0.29) is 18.6 Å². The van der Waals surface area contributed by atoms with Crippen LogP contribution in [0.15, 0.2) is 42.5 Å². The number of methoxy groups -OCH3 is 2. The Balaban J connectivity index is 1.64. The first-order valence-electron chi connectivity index (χ1n) is 9.02. The third-order valence-corrected chi connectivity index (χ3v) is 5.61. The van der Waals surface area contributed by atoms with Gasteiger partial charge in [-0.2, -0.15) is 0 Å². The van der Waals surface area contributed by atoms with Crippen molar-refractivity contribution in [2.45, 2.75) is 12.6 Å². The van der Waals surface area contributed by atoms with Crippen LogP contribution >= 0.6 is 0 Å². The van der Waals surface area contributed by atoms with Gasteiger partial charge in [0.05, 0.1) is 20.8 Å². The average Bonchev–Trinajstić information content (AvgIpc) is 3.05. The number of benzene rings is 2. The second kappa shape index (κ2) is 7.17. The zero-order chi connectivity index (χ0) is 18.1. The van der Waals surface area contributed by atoms with E-state index in [4.69, 9.17) is 14.2 Å². The van der Waals surface area contributed by atoms with Gasteiger partial charge in [0.1, 0.15) is 5.75 Å². The Hall–Kier alpha value is -2.24. The van der Waals surface area contributed by atoms with E-state index in [9.17, 15) is 5.11 Å². The molecule has 2 aromatic carbocycles. The van der Waals surface area contributed by atoms with Gasteiger partial charge in [0.2, 0.25) is 0 Å². The molecule has 0 spiro atoms. The molecule has 1 fully saturated rings. The zero-order valence-electron chi connectivity index (χ0n) is 15.2. The van der Waals surface area contributed by atoms with Crippen molar-refractivity contribution in [1.29, 1.82) is 0 Å². The minimum Gasteiger partial charge on any atom is -0.493 e. The van der Waals surface area contributed by atoms with E-state index in [1.54, 1.807) is 14.2 Å². The number of ether oxygens (including phenoxy) is 3. The van der Waals surface area contributed by atoms with E-state index in [1.165, 1.54) is 11.1 Å². The lowest BCUT2D eigenvalue weighted by Gasteiger charge is -2.34. The van der Waals surface area contributed by atoms with Crippen LogP contribution in [0.4, 0.5) is 0 Å². The van der Waals surface area contributed by atoms with Gasteiger partial charge in [-0.15, -0.1) is 0 Å². The molecule has 0 aliphatic carbocycles. The van der Waals surface area contributed by atoms with Crippen molar-refractivity contribution in [3.63, 3.8) is 0 Å². The largest absolute Gasteiger partial charge is 0.493 e.